The zero-order valence-electron chi connectivity index (χ0n) is 21.2. The highest BCUT2D eigenvalue weighted by Crippen LogP contribution is 2.36. The summed E-state index contributed by atoms with van der Waals surface area (Å²) in [6.45, 7) is 7.63. The third kappa shape index (κ3) is 5.67. The monoisotopic (exact) mass is 491 g/mol. The summed E-state index contributed by atoms with van der Waals surface area (Å²) in [5.74, 6) is 1.25. The maximum atomic E-state index is 12.4. The van der Waals surface area contributed by atoms with Crippen molar-refractivity contribution in [3.63, 3.8) is 0 Å². The summed E-state index contributed by atoms with van der Waals surface area (Å²) < 4.78 is 10.9. The molecule has 1 aromatic heterocycles. The Hall–Kier alpha value is -3.88. The van der Waals surface area contributed by atoms with Gasteiger partial charge in [-0.05, 0) is 63.3 Å². The molecule has 2 aromatic carbocycles. The van der Waals surface area contributed by atoms with Gasteiger partial charge in [0, 0.05) is 30.6 Å². The van der Waals surface area contributed by atoms with Crippen LogP contribution in [-0.2, 0) is 4.74 Å². The second-order valence-corrected chi connectivity index (χ2v) is 10.00. The fourth-order valence-corrected chi connectivity index (χ4v) is 4.52. The van der Waals surface area contributed by atoms with E-state index in [1.807, 2.05) is 51.1 Å². The van der Waals surface area contributed by atoms with Crippen LogP contribution < -0.4 is 20.7 Å². The molecule has 1 fully saturated rings. The number of rotatable bonds is 6. The molecule has 3 N–H and O–H groups in total. The van der Waals surface area contributed by atoms with Gasteiger partial charge in [0.25, 0.3) is 5.91 Å². The molecule has 3 aromatic rings. The van der Waals surface area contributed by atoms with Gasteiger partial charge >= 0.3 is 6.09 Å². The molecule has 0 aliphatic carbocycles. The van der Waals surface area contributed by atoms with E-state index in [0.29, 0.717) is 29.3 Å². The molecule has 0 bridgehead atoms. The van der Waals surface area contributed by atoms with Crippen molar-refractivity contribution in [3.05, 3.63) is 48.3 Å². The van der Waals surface area contributed by atoms with E-state index in [1.165, 1.54) is 6.33 Å². The number of carbonyl (C=O) groups excluding carboxylic acids is 2. The summed E-state index contributed by atoms with van der Waals surface area (Å²) >= 11 is 0. The van der Waals surface area contributed by atoms with Crippen LogP contribution in [0.2, 0.25) is 0 Å². The van der Waals surface area contributed by atoms with Crippen LogP contribution >= 0.6 is 0 Å². The van der Waals surface area contributed by atoms with Gasteiger partial charge in [-0.15, -0.1) is 0 Å². The summed E-state index contributed by atoms with van der Waals surface area (Å²) in [6, 6.07) is 11.4. The topological polar surface area (TPSA) is 120 Å². The maximum Gasteiger partial charge on any atom is 0.407 e. The molecule has 4 rings (SSSR count). The van der Waals surface area contributed by atoms with Gasteiger partial charge in [0.15, 0.2) is 0 Å². The number of primary amides is 1. The van der Waals surface area contributed by atoms with Crippen LogP contribution in [0.5, 0.6) is 5.75 Å². The van der Waals surface area contributed by atoms with E-state index >= 15 is 0 Å². The second kappa shape index (κ2) is 10.4. The molecular weight excluding hydrogens is 458 g/mol. The zero-order chi connectivity index (χ0) is 25.9. The number of nitrogens with zero attached hydrogens (tertiary/aromatic N) is 3. The first-order valence-corrected chi connectivity index (χ1v) is 12.1. The van der Waals surface area contributed by atoms with Crippen molar-refractivity contribution in [2.24, 2.45) is 11.7 Å². The van der Waals surface area contributed by atoms with Gasteiger partial charge in [-0.25, -0.2) is 14.8 Å². The molecular formula is C27H33N5O4. The molecule has 0 saturated carbocycles. The number of anilines is 1. The van der Waals surface area contributed by atoms with Crippen molar-refractivity contribution in [1.82, 2.24) is 15.3 Å². The van der Waals surface area contributed by atoms with Crippen LogP contribution in [-0.4, -0.2) is 54.3 Å². The summed E-state index contributed by atoms with van der Waals surface area (Å²) in [6.07, 6.45) is 2.85. The minimum absolute atomic E-state index is 0.340. The second-order valence-electron chi connectivity index (χ2n) is 10.00. The lowest BCUT2D eigenvalue weighted by Gasteiger charge is -2.33. The van der Waals surface area contributed by atoms with Crippen molar-refractivity contribution in [2.75, 3.05) is 31.6 Å². The van der Waals surface area contributed by atoms with Gasteiger partial charge < -0.3 is 25.4 Å². The Morgan fingerprint density at radius 2 is 1.86 bits per heavy atom. The largest absolute Gasteiger partial charge is 0.496 e. The number of ether oxygens (including phenoxy) is 2. The van der Waals surface area contributed by atoms with Crippen molar-refractivity contribution >= 4 is 28.7 Å². The molecule has 36 heavy (non-hydrogen) atoms. The number of amides is 2. The highest BCUT2D eigenvalue weighted by Gasteiger charge is 2.25. The number of alkyl carbamates (subject to hydrolysis) is 1. The Bertz CT molecular complexity index is 1260. The lowest BCUT2D eigenvalue weighted by molar-refractivity contribution is 0.0516. The van der Waals surface area contributed by atoms with Crippen molar-refractivity contribution < 1.29 is 19.1 Å². The number of methoxy groups -OCH3 is 1. The maximum absolute atomic E-state index is 12.4. The minimum atomic E-state index is -0.548. The summed E-state index contributed by atoms with van der Waals surface area (Å²) in [7, 11) is 1.62. The SMILES string of the molecule is COc1ccccc1-c1cc(C(N)=O)c2ncnc(N3CCC(CNC(=O)OC(C)(C)C)CC3)c2c1. The first-order chi connectivity index (χ1) is 17.2. The molecule has 2 heterocycles. The third-order valence-electron chi connectivity index (χ3n) is 6.25. The summed E-state index contributed by atoms with van der Waals surface area (Å²) in [5, 5.41) is 3.64. The molecule has 9 heteroatoms. The Morgan fingerprint density at radius 3 is 2.53 bits per heavy atom. The Balaban J connectivity index is 1.59. The summed E-state index contributed by atoms with van der Waals surface area (Å²) in [4.78, 5) is 35.6. The lowest BCUT2D eigenvalue weighted by atomic mass is 9.95. The minimum Gasteiger partial charge on any atom is -0.496 e. The van der Waals surface area contributed by atoms with Crippen LogP contribution in [0.15, 0.2) is 42.7 Å². The molecule has 9 nitrogen and oxygen atoms in total. The van der Waals surface area contributed by atoms with Gasteiger partial charge in [0.05, 0.1) is 18.2 Å². The number of para-hydroxylation sites is 1. The van der Waals surface area contributed by atoms with Gasteiger partial charge in [0.1, 0.15) is 23.5 Å². The van der Waals surface area contributed by atoms with Gasteiger partial charge in [-0.1, -0.05) is 18.2 Å². The Morgan fingerprint density at radius 1 is 1.14 bits per heavy atom. The average molecular weight is 492 g/mol. The lowest BCUT2D eigenvalue weighted by Crippen LogP contribution is -2.40. The van der Waals surface area contributed by atoms with Crippen LogP contribution in [0, 0.1) is 5.92 Å². The third-order valence-corrected chi connectivity index (χ3v) is 6.25. The molecule has 1 aliphatic heterocycles. The van der Waals surface area contributed by atoms with Gasteiger partial charge in [0.2, 0.25) is 0 Å². The van der Waals surface area contributed by atoms with E-state index in [4.69, 9.17) is 15.2 Å². The van der Waals surface area contributed by atoms with Crippen molar-refractivity contribution in [2.45, 2.75) is 39.2 Å². The fraction of sp³-hybridized carbons (Fsp3) is 0.407. The number of nitrogens with two attached hydrogens (primary N) is 1. The van der Waals surface area contributed by atoms with E-state index in [1.54, 1.807) is 13.2 Å². The average Bonchev–Trinajstić information content (AvgIpc) is 2.85. The van der Waals surface area contributed by atoms with E-state index in [0.717, 1.165) is 48.3 Å². The normalized spacial score (nSPS) is 14.5. The Labute approximate surface area is 211 Å². The molecule has 2 amide bonds. The van der Waals surface area contributed by atoms with Crippen molar-refractivity contribution in [3.8, 4) is 16.9 Å². The first kappa shape index (κ1) is 25.2. The number of benzene rings is 2. The molecule has 0 spiro atoms. The molecule has 1 aliphatic rings. The highest BCUT2D eigenvalue weighted by molar-refractivity contribution is 6.09. The predicted molar refractivity (Wildman–Crippen MR) is 139 cm³/mol. The smallest absolute Gasteiger partial charge is 0.407 e. The number of carbonyl (C=O) groups is 2. The first-order valence-electron chi connectivity index (χ1n) is 12.1. The van der Waals surface area contributed by atoms with Crippen LogP contribution in [0.4, 0.5) is 10.6 Å². The van der Waals surface area contributed by atoms with Crippen molar-refractivity contribution in [1.29, 1.82) is 0 Å². The van der Waals surface area contributed by atoms with E-state index in [9.17, 15) is 9.59 Å². The van der Waals surface area contributed by atoms with E-state index < -0.39 is 17.6 Å². The van der Waals surface area contributed by atoms with Gasteiger partial charge in [-0.2, -0.15) is 0 Å². The standard InChI is InChI=1S/C27H33N5O4/c1-27(2,3)36-26(34)29-15-17-9-11-32(12-10-17)25-21-14-18(19-7-5-6-8-22(19)35-4)13-20(24(28)33)23(21)30-16-31-25/h5-8,13-14,16-17H,9-12,15H2,1-4H3,(H2,28,33)(H,29,34). The fourth-order valence-electron chi connectivity index (χ4n) is 4.52. The number of fused-ring (bicyclic) bond motifs is 1. The number of aromatic nitrogens is 2. The number of piperidine rings is 1. The molecule has 1 saturated heterocycles. The van der Waals surface area contributed by atoms with Gasteiger partial charge in [-0.3, -0.25) is 4.79 Å². The Kier molecular flexibility index (Phi) is 7.28. The number of hydrogen-bond acceptors (Lipinski definition) is 7. The quantitative estimate of drug-likeness (QED) is 0.532. The van der Waals surface area contributed by atoms with Crippen LogP contribution in [0.1, 0.15) is 44.0 Å². The number of hydrogen-bond donors (Lipinski definition) is 2. The predicted octanol–water partition coefficient (Wildman–Crippen LogP) is 4.15. The van der Waals surface area contributed by atoms with Crippen LogP contribution in [0.3, 0.4) is 0 Å². The summed E-state index contributed by atoms with van der Waals surface area (Å²) in [5.41, 5.74) is 7.76. The molecule has 190 valence electrons. The van der Waals surface area contributed by atoms with E-state index in [-0.39, 0.29) is 0 Å². The molecule has 0 radical (unpaired) electrons. The van der Waals surface area contributed by atoms with Crippen LogP contribution in [0.25, 0.3) is 22.0 Å². The zero-order valence-corrected chi connectivity index (χ0v) is 21.2. The molecule has 0 unspecified atom stereocenters. The number of nitrogens with one attached hydrogen (secondary N) is 1. The van der Waals surface area contributed by atoms with E-state index in [2.05, 4.69) is 20.2 Å². The molecule has 0 atom stereocenters. The highest BCUT2D eigenvalue weighted by atomic mass is 16.6.